The molecule has 2 N–H and O–H groups in total. The molecule has 4 heteroatoms. The van der Waals surface area contributed by atoms with E-state index in [2.05, 4.69) is 24.3 Å². The fraction of sp³-hybridized carbons (Fsp3) is 0.769. The first kappa shape index (κ1) is 14.2. The van der Waals surface area contributed by atoms with Crippen molar-refractivity contribution < 1.29 is 5.11 Å². The third-order valence-electron chi connectivity index (χ3n) is 3.05. The number of hydrogen-bond acceptors (Lipinski definition) is 3. The van der Waals surface area contributed by atoms with Crippen LogP contribution in [-0.4, -0.2) is 34.1 Å². The third kappa shape index (κ3) is 4.48. The zero-order valence-corrected chi connectivity index (χ0v) is 11.2. The SMILES string of the molecule is CCNCC(O)Cc1ccn(C(CC)CC)n1. The maximum atomic E-state index is 9.78. The normalized spacial score (nSPS) is 13.2. The van der Waals surface area contributed by atoms with Gasteiger partial charge >= 0.3 is 0 Å². The number of rotatable bonds is 8. The van der Waals surface area contributed by atoms with Crippen molar-refractivity contribution in [3.8, 4) is 0 Å². The van der Waals surface area contributed by atoms with Crippen LogP contribution in [0.25, 0.3) is 0 Å². The number of likely N-dealkylation sites (N-methyl/N-ethyl adjacent to an activating group) is 1. The average Bonchev–Trinajstić information content (AvgIpc) is 2.76. The Labute approximate surface area is 104 Å². The molecule has 1 aromatic rings. The van der Waals surface area contributed by atoms with Crippen LogP contribution in [0.15, 0.2) is 12.3 Å². The summed E-state index contributed by atoms with van der Waals surface area (Å²) in [7, 11) is 0. The minimum absolute atomic E-state index is 0.347. The fourth-order valence-corrected chi connectivity index (χ4v) is 1.98. The number of nitrogens with zero attached hydrogens (tertiary/aromatic N) is 2. The molecule has 0 spiro atoms. The number of hydrogen-bond donors (Lipinski definition) is 2. The van der Waals surface area contributed by atoms with Crippen LogP contribution in [0.1, 0.15) is 45.3 Å². The van der Waals surface area contributed by atoms with Crippen LogP contribution in [0, 0.1) is 0 Å². The maximum absolute atomic E-state index is 9.78. The predicted molar refractivity (Wildman–Crippen MR) is 70.1 cm³/mol. The van der Waals surface area contributed by atoms with Gasteiger partial charge in [0.05, 0.1) is 17.8 Å². The lowest BCUT2D eigenvalue weighted by Crippen LogP contribution is -2.28. The van der Waals surface area contributed by atoms with E-state index in [9.17, 15) is 5.11 Å². The van der Waals surface area contributed by atoms with Gasteiger partial charge in [-0.25, -0.2) is 0 Å². The van der Waals surface area contributed by atoms with Gasteiger partial charge < -0.3 is 10.4 Å². The van der Waals surface area contributed by atoms with Crippen LogP contribution in [0.5, 0.6) is 0 Å². The average molecular weight is 239 g/mol. The van der Waals surface area contributed by atoms with Gasteiger partial charge in [-0.2, -0.15) is 5.10 Å². The number of aliphatic hydroxyl groups excluding tert-OH is 1. The Bertz CT molecular complexity index is 307. The molecule has 0 saturated carbocycles. The lowest BCUT2D eigenvalue weighted by atomic mass is 10.2. The minimum atomic E-state index is -0.347. The fourth-order valence-electron chi connectivity index (χ4n) is 1.98. The zero-order chi connectivity index (χ0) is 12.7. The van der Waals surface area contributed by atoms with E-state index in [-0.39, 0.29) is 6.10 Å². The first-order valence-corrected chi connectivity index (χ1v) is 6.64. The van der Waals surface area contributed by atoms with Gasteiger partial charge in [0.2, 0.25) is 0 Å². The van der Waals surface area contributed by atoms with Crippen LogP contribution in [0.3, 0.4) is 0 Å². The summed E-state index contributed by atoms with van der Waals surface area (Å²) in [6.07, 6.45) is 4.49. The maximum Gasteiger partial charge on any atom is 0.0720 e. The molecule has 17 heavy (non-hydrogen) atoms. The molecule has 1 rings (SSSR count). The van der Waals surface area contributed by atoms with Crippen LogP contribution in [0.2, 0.25) is 0 Å². The molecule has 1 heterocycles. The summed E-state index contributed by atoms with van der Waals surface area (Å²) in [5.41, 5.74) is 0.974. The summed E-state index contributed by atoms with van der Waals surface area (Å²) in [6.45, 7) is 7.91. The second kappa shape index (κ2) is 7.45. The van der Waals surface area contributed by atoms with E-state index in [0.29, 0.717) is 19.0 Å². The van der Waals surface area contributed by atoms with E-state index in [1.54, 1.807) is 0 Å². The van der Waals surface area contributed by atoms with Gasteiger partial charge in [0.15, 0.2) is 0 Å². The van der Waals surface area contributed by atoms with Gasteiger partial charge in [-0.15, -0.1) is 0 Å². The highest BCUT2D eigenvalue weighted by Gasteiger charge is 2.10. The van der Waals surface area contributed by atoms with Crippen molar-refractivity contribution in [1.82, 2.24) is 15.1 Å². The first-order valence-electron chi connectivity index (χ1n) is 6.64. The van der Waals surface area contributed by atoms with E-state index in [4.69, 9.17) is 0 Å². The summed E-state index contributed by atoms with van der Waals surface area (Å²) in [6, 6.07) is 2.49. The van der Waals surface area contributed by atoms with Crippen LogP contribution >= 0.6 is 0 Å². The van der Waals surface area contributed by atoms with Crippen molar-refractivity contribution in [2.75, 3.05) is 13.1 Å². The summed E-state index contributed by atoms with van der Waals surface area (Å²) >= 11 is 0. The van der Waals surface area contributed by atoms with Crippen molar-refractivity contribution in [1.29, 1.82) is 0 Å². The Morgan fingerprint density at radius 3 is 2.65 bits per heavy atom. The molecular weight excluding hydrogens is 214 g/mol. The molecule has 1 unspecified atom stereocenters. The van der Waals surface area contributed by atoms with E-state index in [1.165, 1.54) is 0 Å². The van der Waals surface area contributed by atoms with Crippen molar-refractivity contribution in [3.63, 3.8) is 0 Å². The summed E-state index contributed by atoms with van der Waals surface area (Å²) < 4.78 is 2.02. The molecule has 1 atom stereocenters. The monoisotopic (exact) mass is 239 g/mol. The van der Waals surface area contributed by atoms with E-state index in [0.717, 1.165) is 25.1 Å². The van der Waals surface area contributed by atoms with Gasteiger partial charge in [-0.05, 0) is 25.5 Å². The molecule has 0 amide bonds. The highest BCUT2D eigenvalue weighted by atomic mass is 16.3. The number of aromatic nitrogens is 2. The molecule has 0 aliphatic rings. The van der Waals surface area contributed by atoms with Gasteiger partial charge in [0.1, 0.15) is 0 Å². The van der Waals surface area contributed by atoms with Gasteiger partial charge in [-0.1, -0.05) is 20.8 Å². The molecular formula is C13H25N3O. The second-order valence-electron chi connectivity index (χ2n) is 4.42. The molecule has 0 aliphatic carbocycles. The second-order valence-corrected chi connectivity index (χ2v) is 4.42. The number of aliphatic hydroxyl groups is 1. The Kier molecular flexibility index (Phi) is 6.22. The zero-order valence-electron chi connectivity index (χ0n) is 11.2. The topological polar surface area (TPSA) is 50.1 Å². The number of nitrogens with one attached hydrogen (secondary N) is 1. The lowest BCUT2D eigenvalue weighted by molar-refractivity contribution is 0.171. The van der Waals surface area contributed by atoms with E-state index < -0.39 is 0 Å². The largest absolute Gasteiger partial charge is 0.391 e. The van der Waals surface area contributed by atoms with E-state index in [1.807, 2.05) is 23.9 Å². The highest BCUT2D eigenvalue weighted by Crippen LogP contribution is 2.14. The third-order valence-corrected chi connectivity index (χ3v) is 3.05. The summed E-state index contributed by atoms with van der Waals surface area (Å²) in [5.74, 6) is 0. The highest BCUT2D eigenvalue weighted by molar-refractivity contribution is 5.01. The molecule has 1 aromatic heterocycles. The minimum Gasteiger partial charge on any atom is -0.391 e. The Morgan fingerprint density at radius 2 is 2.06 bits per heavy atom. The summed E-state index contributed by atoms with van der Waals surface area (Å²) in [5, 5.41) is 17.4. The molecule has 4 nitrogen and oxygen atoms in total. The first-order chi connectivity index (χ1) is 8.21. The van der Waals surface area contributed by atoms with Crippen molar-refractivity contribution >= 4 is 0 Å². The standard InChI is InChI=1S/C13H25N3O/c1-4-12(5-2)16-8-7-11(15-16)9-13(17)10-14-6-3/h7-8,12-14,17H,4-6,9-10H2,1-3H3. The molecule has 0 radical (unpaired) electrons. The van der Waals surface area contributed by atoms with Crippen LogP contribution < -0.4 is 5.32 Å². The predicted octanol–water partition coefficient (Wildman–Crippen LogP) is 1.76. The quantitative estimate of drug-likeness (QED) is 0.727. The molecule has 0 saturated heterocycles. The van der Waals surface area contributed by atoms with Crippen molar-refractivity contribution in [2.45, 2.75) is 52.2 Å². The smallest absolute Gasteiger partial charge is 0.0720 e. The summed E-state index contributed by atoms with van der Waals surface area (Å²) in [4.78, 5) is 0. The van der Waals surface area contributed by atoms with Crippen LogP contribution in [-0.2, 0) is 6.42 Å². The van der Waals surface area contributed by atoms with Gasteiger partial charge in [0.25, 0.3) is 0 Å². The molecule has 0 bridgehead atoms. The Balaban J connectivity index is 2.50. The van der Waals surface area contributed by atoms with Crippen LogP contribution in [0.4, 0.5) is 0 Å². The van der Waals surface area contributed by atoms with Gasteiger partial charge in [-0.3, -0.25) is 4.68 Å². The molecule has 98 valence electrons. The molecule has 0 fully saturated rings. The van der Waals surface area contributed by atoms with Gasteiger partial charge in [0, 0.05) is 19.2 Å². The van der Waals surface area contributed by atoms with E-state index >= 15 is 0 Å². The Morgan fingerprint density at radius 1 is 1.35 bits per heavy atom. The Hall–Kier alpha value is -0.870. The van der Waals surface area contributed by atoms with Crippen molar-refractivity contribution in [3.05, 3.63) is 18.0 Å². The molecule has 0 aliphatic heterocycles. The lowest BCUT2D eigenvalue weighted by Gasteiger charge is -2.13. The molecule has 0 aromatic carbocycles. The van der Waals surface area contributed by atoms with Crippen molar-refractivity contribution in [2.24, 2.45) is 0 Å².